The molecular formula is C12H14N2O4. The molecule has 6 heteroatoms. The largest absolute Gasteiger partial charge is 0.467 e. The molecule has 0 aromatic carbocycles. The van der Waals surface area contributed by atoms with Crippen LogP contribution in [0.4, 0.5) is 4.79 Å². The van der Waals surface area contributed by atoms with Gasteiger partial charge in [0.05, 0.1) is 18.4 Å². The topological polar surface area (TPSA) is 80.6 Å². The number of carbonyl (C=O) groups is 2. The molecule has 1 atom stereocenters. The van der Waals surface area contributed by atoms with Gasteiger partial charge in [0.15, 0.2) is 0 Å². The van der Waals surface area contributed by atoms with Gasteiger partial charge >= 0.3 is 12.0 Å². The lowest BCUT2D eigenvalue weighted by atomic mass is 10.0. The first-order valence-electron chi connectivity index (χ1n) is 5.62. The van der Waals surface area contributed by atoms with Crippen molar-refractivity contribution in [3.63, 3.8) is 0 Å². The maximum atomic E-state index is 11.9. The van der Waals surface area contributed by atoms with Crippen LogP contribution >= 0.6 is 0 Å². The molecule has 2 rings (SSSR count). The van der Waals surface area contributed by atoms with Crippen LogP contribution in [-0.4, -0.2) is 18.6 Å². The van der Waals surface area contributed by atoms with E-state index in [0.717, 1.165) is 0 Å². The number of rotatable bonds is 3. The summed E-state index contributed by atoms with van der Waals surface area (Å²) in [5.74, 6) is 0.0242. The third-order valence-electron chi connectivity index (χ3n) is 2.59. The fraction of sp³-hybridized carbons (Fsp3) is 0.333. The number of esters is 1. The van der Waals surface area contributed by atoms with Gasteiger partial charge in [0, 0.05) is 5.70 Å². The minimum absolute atomic E-state index is 0.272. The highest BCUT2D eigenvalue weighted by Gasteiger charge is 2.33. The molecule has 96 valence electrons. The van der Waals surface area contributed by atoms with Gasteiger partial charge in [-0.15, -0.1) is 0 Å². The number of allylic oxidation sites excluding steroid dienone is 1. The molecule has 1 aromatic rings. The highest BCUT2D eigenvalue weighted by atomic mass is 16.5. The zero-order valence-corrected chi connectivity index (χ0v) is 10.1. The minimum Gasteiger partial charge on any atom is -0.467 e. The van der Waals surface area contributed by atoms with Crippen LogP contribution in [0.15, 0.2) is 34.1 Å². The molecule has 18 heavy (non-hydrogen) atoms. The second kappa shape index (κ2) is 4.95. The average Bonchev–Trinajstić information content (AvgIpc) is 2.81. The van der Waals surface area contributed by atoms with Gasteiger partial charge in [-0.1, -0.05) is 0 Å². The Morgan fingerprint density at radius 2 is 2.33 bits per heavy atom. The number of urea groups is 1. The Morgan fingerprint density at radius 1 is 1.56 bits per heavy atom. The van der Waals surface area contributed by atoms with Crippen molar-refractivity contribution in [3.05, 3.63) is 35.4 Å². The van der Waals surface area contributed by atoms with Crippen molar-refractivity contribution in [1.82, 2.24) is 10.6 Å². The fourth-order valence-electron chi connectivity index (χ4n) is 1.84. The van der Waals surface area contributed by atoms with E-state index in [2.05, 4.69) is 10.6 Å². The van der Waals surface area contributed by atoms with Crippen LogP contribution in [0.1, 0.15) is 25.6 Å². The molecule has 0 spiro atoms. The molecule has 2 heterocycles. The van der Waals surface area contributed by atoms with Crippen molar-refractivity contribution in [2.45, 2.75) is 19.9 Å². The first-order chi connectivity index (χ1) is 8.63. The zero-order valence-electron chi connectivity index (χ0n) is 10.1. The Morgan fingerprint density at radius 3 is 2.94 bits per heavy atom. The van der Waals surface area contributed by atoms with Crippen molar-refractivity contribution in [1.29, 1.82) is 0 Å². The molecular weight excluding hydrogens is 236 g/mol. The number of ether oxygens (including phenoxy) is 1. The van der Waals surface area contributed by atoms with E-state index in [1.165, 1.54) is 6.26 Å². The summed E-state index contributed by atoms with van der Waals surface area (Å²) in [5.41, 5.74) is 0.824. The lowest BCUT2D eigenvalue weighted by Gasteiger charge is -2.26. The zero-order chi connectivity index (χ0) is 13.1. The standard InChI is InChI=1S/C12H14N2O4/c1-3-17-11(15)9-7(2)13-12(16)14-10(9)8-5-4-6-18-8/h4-6,10H,3H2,1-2H3,(H2,13,14,16)/t10-/m1/s1. The summed E-state index contributed by atoms with van der Waals surface area (Å²) in [4.78, 5) is 23.4. The maximum absolute atomic E-state index is 11.9. The molecule has 0 saturated carbocycles. The Labute approximate surface area is 104 Å². The normalized spacial score (nSPS) is 19.2. The van der Waals surface area contributed by atoms with Gasteiger partial charge < -0.3 is 19.8 Å². The summed E-state index contributed by atoms with van der Waals surface area (Å²) < 4.78 is 10.2. The molecule has 0 aliphatic carbocycles. The summed E-state index contributed by atoms with van der Waals surface area (Å²) in [6.07, 6.45) is 1.49. The van der Waals surface area contributed by atoms with Crippen LogP contribution in [0.3, 0.4) is 0 Å². The molecule has 0 radical (unpaired) electrons. The lowest BCUT2D eigenvalue weighted by Crippen LogP contribution is -2.45. The molecule has 2 amide bonds. The smallest absolute Gasteiger partial charge is 0.338 e. The molecule has 0 bridgehead atoms. The monoisotopic (exact) mass is 250 g/mol. The van der Waals surface area contributed by atoms with Crippen LogP contribution in [-0.2, 0) is 9.53 Å². The van der Waals surface area contributed by atoms with E-state index in [0.29, 0.717) is 17.0 Å². The predicted molar refractivity (Wildman–Crippen MR) is 62.4 cm³/mol. The maximum Gasteiger partial charge on any atom is 0.338 e. The SMILES string of the molecule is CCOC(=O)C1=C(C)NC(=O)N[C@@H]1c1ccco1. The first kappa shape index (κ1) is 12.2. The number of furan rings is 1. The van der Waals surface area contributed by atoms with E-state index in [4.69, 9.17) is 9.15 Å². The van der Waals surface area contributed by atoms with Gasteiger partial charge in [0.25, 0.3) is 0 Å². The van der Waals surface area contributed by atoms with Crippen molar-refractivity contribution in [3.8, 4) is 0 Å². The number of hydrogen-bond acceptors (Lipinski definition) is 4. The van der Waals surface area contributed by atoms with E-state index < -0.39 is 12.0 Å². The number of carbonyl (C=O) groups excluding carboxylic acids is 2. The van der Waals surface area contributed by atoms with Crippen LogP contribution in [0.5, 0.6) is 0 Å². The molecule has 6 nitrogen and oxygen atoms in total. The van der Waals surface area contributed by atoms with E-state index in [9.17, 15) is 9.59 Å². The lowest BCUT2D eigenvalue weighted by molar-refractivity contribution is -0.139. The summed E-state index contributed by atoms with van der Waals surface area (Å²) in [6, 6.07) is 2.40. The Bertz CT molecular complexity index is 490. The average molecular weight is 250 g/mol. The van der Waals surface area contributed by atoms with Crippen LogP contribution in [0, 0.1) is 0 Å². The molecule has 1 aromatic heterocycles. The number of hydrogen-bond donors (Lipinski definition) is 2. The molecule has 0 unspecified atom stereocenters. The van der Waals surface area contributed by atoms with Gasteiger partial charge in [-0.3, -0.25) is 0 Å². The highest BCUT2D eigenvalue weighted by Crippen LogP contribution is 2.27. The van der Waals surface area contributed by atoms with E-state index in [-0.39, 0.29) is 12.6 Å². The predicted octanol–water partition coefficient (Wildman–Crippen LogP) is 1.47. The first-order valence-corrected chi connectivity index (χ1v) is 5.62. The van der Waals surface area contributed by atoms with Gasteiger partial charge in [0.2, 0.25) is 0 Å². The van der Waals surface area contributed by atoms with Crippen LogP contribution in [0.25, 0.3) is 0 Å². The van der Waals surface area contributed by atoms with E-state index in [1.807, 2.05) is 0 Å². The van der Waals surface area contributed by atoms with Gasteiger partial charge in [-0.05, 0) is 26.0 Å². The summed E-state index contributed by atoms with van der Waals surface area (Å²) in [5, 5.41) is 5.18. The van der Waals surface area contributed by atoms with E-state index >= 15 is 0 Å². The van der Waals surface area contributed by atoms with Crippen molar-refractivity contribution in [2.75, 3.05) is 6.61 Å². The fourth-order valence-corrected chi connectivity index (χ4v) is 1.84. The van der Waals surface area contributed by atoms with Gasteiger partial charge in [-0.25, -0.2) is 9.59 Å². The summed E-state index contributed by atoms with van der Waals surface area (Å²) >= 11 is 0. The molecule has 0 fully saturated rings. The van der Waals surface area contributed by atoms with Crippen molar-refractivity contribution >= 4 is 12.0 Å². The molecule has 1 aliphatic rings. The number of nitrogens with one attached hydrogen (secondary N) is 2. The Balaban J connectivity index is 2.38. The van der Waals surface area contributed by atoms with E-state index in [1.54, 1.807) is 26.0 Å². The van der Waals surface area contributed by atoms with Gasteiger partial charge in [0.1, 0.15) is 11.8 Å². The minimum atomic E-state index is -0.618. The van der Waals surface area contributed by atoms with Gasteiger partial charge in [-0.2, -0.15) is 0 Å². The molecule has 1 aliphatic heterocycles. The summed E-state index contributed by atoms with van der Waals surface area (Å²) in [6.45, 7) is 3.65. The highest BCUT2D eigenvalue weighted by molar-refractivity contribution is 5.94. The molecule has 0 saturated heterocycles. The van der Waals surface area contributed by atoms with Crippen molar-refractivity contribution < 1.29 is 18.7 Å². The molecule has 2 N–H and O–H groups in total. The summed E-state index contributed by atoms with van der Waals surface area (Å²) in [7, 11) is 0. The quantitative estimate of drug-likeness (QED) is 0.796. The third-order valence-corrected chi connectivity index (χ3v) is 2.59. The Hall–Kier alpha value is -2.24. The third kappa shape index (κ3) is 2.22. The van der Waals surface area contributed by atoms with Crippen LogP contribution < -0.4 is 10.6 Å². The van der Waals surface area contributed by atoms with Crippen LogP contribution in [0.2, 0.25) is 0 Å². The Kier molecular flexibility index (Phi) is 3.36. The second-order valence-electron chi connectivity index (χ2n) is 3.81. The second-order valence-corrected chi connectivity index (χ2v) is 3.81. The van der Waals surface area contributed by atoms with Crippen molar-refractivity contribution in [2.24, 2.45) is 0 Å². The number of amides is 2.